The molecule has 18 rings (SSSR count). The quantitative estimate of drug-likeness (QED) is 0.119. The first kappa shape index (κ1) is 60.6. The van der Waals surface area contributed by atoms with Crippen molar-refractivity contribution in [1.82, 2.24) is 18.7 Å². The fraction of sp³-hybridized carbons (Fsp3) is 0.0220. The summed E-state index contributed by atoms with van der Waals surface area (Å²) < 4.78 is 106. The van der Waals surface area contributed by atoms with Gasteiger partial charge in [0.05, 0.1) is 67.0 Å². The van der Waals surface area contributed by atoms with Gasteiger partial charge in [-0.05, 0) is 187 Å². The van der Waals surface area contributed by atoms with E-state index in [9.17, 15) is 0 Å². The second-order valence-electron chi connectivity index (χ2n) is 25.6. The highest BCUT2D eigenvalue weighted by Gasteiger charge is 2.41. The lowest BCUT2D eigenvalue weighted by atomic mass is 9.90. The Bertz CT molecular complexity index is 5730. The zero-order chi connectivity index (χ0) is 68.1. The van der Waals surface area contributed by atoms with Crippen molar-refractivity contribution in [1.29, 1.82) is 0 Å². The van der Waals surface area contributed by atoms with Gasteiger partial charge in [0.2, 0.25) is 0 Å². The van der Waals surface area contributed by atoms with Crippen LogP contribution in [0.2, 0.25) is 0 Å². The molecule has 10 heteroatoms. The van der Waals surface area contributed by atoms with E-state index >= 15 is 26.3 Å². The Labute approximate surface area is 576 Å². The number of hydrogen-bond acceptors (Lipinski definition) is 1. The predicted molar refractivity (Wildman–Crippen MR) is 401 cm³/mol. The monoisotopic (exact) mass is 1320 g/mol. The summed E-state index contributed by atoms with van der Waals surface area (Å²) in [6.07, 6.45) is -9.05. The summed E-state index contributed by atoms with van der Waals surface area (Å²) in [7, 11) is 0. The van der Waals surface area contributed by atoms with Crippen molar-refractivity contribution in [2.24, 2.45) is 0 Å². The van der Waals surface area contributed by atoms with Crippen LogP contribution in [0.5, 0.6) is 0 Å². The highest BCUT2D eigenvalue weighted by molar-refractivity contribution is 6.16. The minimum Gasteiger partial charge on any atom is -0.307 e. The van der Waals surface area contributed by atoms with Crippen molar-refractivity contribution < 1.29 is 26.3 Å². The summed E-state index contributed by atoms with van der Waals surface area (Å²) in [5.74, 6) is 0. The van der Waals surface area contributed by atoms with E-state index in [1.807, 2.05) is 109 Å². The zero-order valence-electron chi connectivity index (χ0n) is 53.9. The maximum Gasteiger partial charge on any atom is 0.417 e. The third kappa shape index (κ3) is 10.5. The van der Waals surface area contributed by atoms with E-state index in [4.69, 9.17) is 0 Å². The van der Waals surface area contributed by atoms with Gasteiger partial charge in [-0.15, -0.1) is 0 Å². The van der Waals surface area contributed by atoms with Crippen molar-refractivity contribution in [3.05, 3.63) is 351 Å². The van der Waals surface area contributed by atoms with Crippen LogP contribution >= 0.6 is 0 Å². The number of benzene rings is 14. The molecule has 0 radical (unpaired) electrons. The molecule has 4 heterocycles. The van der Waals surface area contributed by atoms with Gasteiger partial charge in [-0.3, -0.25) is 4.98 Å². The van der Waals surface area contributed by atoms with Gasteiger partial charge < -0.3 is 13.7 Å². The van der Waals surface area contributed by atoms with Crippen molar-refractivity contribution in [3.8, 4) is 106 Å². The third-order valence-electron chi connectivity index (χ3n) is 19.7. The molecule has 0 bridgehead atoms. The van der Waals surface area contributed by atoms with Gasteiger partial charge >= 0.3 is 12.4 Å². The fourth-order valence-electron chi connectivity index (χ4n) is 15.1. The van der Waals surface area contributed by atoms with Crippen molar-refractivity contribution in [2.45, 2.75) is 12.4 Å². The topological polar surface area (TPSA) is 27.7 Å². The predicted octanol–water partition coefficient (Wildman–Crippen LogP) is 25.7. The second-order valence-corrected chi connectivity index (χ2v) is 25.6. The first-order chi connectivity index (χ1) is 49.4. The summed E-state index contributed by atoms with van der Waals surface area (Å²) in [5, 5.41) is 5.15. The number of fused-ring (bicyclic) bond motifs is 9. The van der Waals surface area contributed by atoms with Gasteiger partial charge in [0, 0.05) is 44.1 Å². The van der Waals surface area contributed by atoms with E-state index in [0.717, 1.165) is 110 Å². The number of rotatable bonds is 11. The first-order valence-electron chi connectivity index (χ1n) is 33.4. The molecule has 0 aliphatic carbocycles. The van der Waals surface area contributed by atoms with Gasteiger partial charge in [0.15, 0.2) is 0 Å². The first-order valence-corrected chi connectivity index (χ1v) is 33.4. The van der Waals surface area contributed by atoms with Crippen LogP contribution in [0.15, 0.2) is 340 Å². The van der Waals surface area contributed by atoms with Crippen LogP contribution < -0.4 is 0 Å². The molecule has 0 spiro atoms. The molecule has 482 valence electrons. The molecule has 14 aromatic carbocycles. The molecule has 101 heavy (non-hydrogen) atoms. The standard InChI is InChI=1S/C91H56F6N4/c92-90(93,94)78-56-77(80-33-19-20-46-98-80)79(91(95,96)97)55-70(78)69-53-87(99-81-40-34-63(57-21-7-1-8-22-57)47-71(81)72-48-64(35-41-82(72)99)58-23-9-2-10-24-58)89(101-85-44-38-67(61-29-15-5-16-30-61)51-75(85)76-52-68(39-45-86(76)101)62-31-17-6-18-32-62)88(54-69)100-83-42-36-65(59-25-11-3-12-26-59)49-73(83)74-50-66(37-43-84(74)100)60-27-13-4-14-28-60/h1-56H. The Hall–Kier alpha value is -12.8. The number of halogens is 6. The van der Waals surface area contributed by atoms with Gasteiger partial charge in [0.1, 0.15) is 0 Å². The van der Waals surface area contributed by atoms with Crippen LogP contribution in [0.25, 0.3) is 172 Å². The average molecular weight is 1320 g/mol. The highest BCUT2D eigenvalue weighted by Crippen LogP contribution is 2.51. The number of pyridine rings is 1. The molecular weight excluding hydrogens is 1260 g/mol. The minimum atomic E-state index is -5.19. The molecular formula is C91H56F6N4. The van der Waals surface area contributed by atoms with Crippen LogP contribution in [0.3, 0.4) is 0 Å². The van der Waals surface area contributed by atoms with Crippen LogP contribution in [-0.2, 0) is 12.4 Å². The van der Waals surface area contributed by atoms with Crippen molar-refractivity contribution in [3.63, 3.8) is 0 Å². The number of alkyl halides is 6. The molecule has 4 nitrogen and oxygen atoms in total. The molecule has 0 aliphatic rings. The largest absolute Gasteiger partial charge is 0.417 e. The second kappa shape index (κ2) is 24.0. The molecule has 0 aliphatic heterocycles. The van der Waals surface area contributed by atoms with Crippen LogP contribution in [0.4, 0.5) is 26.3 Å². The Morgan fingerprint density at radius 2 is 0.475 bits per heavy atom. The van der Waals surface area contributed by atoms with E-state index in [2.05, 4.69) is 201 Å². The van der Waals surface area contributed by atoms with Gasteiger partial charge in [-0.2, -0.15) is 26.3 Å². The third-order valence-corrected chi connectivity index (χ3v) is 19.7. The lowest BCUT2D eigenvalue weighted by Gasteiger charge is -2.25. The lowest BCUT2D eigenvalue weighted by molar-refractivity contribution is -0.140. The summed E-state index contributed by atoms with van der Waals surface area (Å²) in [6.45, 7) is 0. The molecule has 4 aromatic heterocycles. The SMILES string of the molecule is FC(F)(F)c1cc(-c2ccccn2)c(C(F)(F)F)cc1-c1cc(-n2c3ccc(-c4ccccc4)cc3c3cc(-c4ccccc4)ccc32)c(-n2c3ccc(-c4ccccc4)cc3c3cc(-c4ccccc4)ccc32)c(-n2c3ccc(-c4ccccc4)cc3c3cc(-c4ccccc4)ccc32)c1. The van der Waals surface area contributed by atoms with Crippen LogP contribution in [0.1, 0.15) is 11.1 Å². The average Bonchev–Trinajstić information content (AvgIpc) is 1.58. The van der Waals surface area contributed by atoms with Crippen molar-refractivity contribution in [2.75, 3.05) is 0 Å². The zero-order valence-corrected chi connectivity index (χ0v) is 53.9. The number of nitrogens with zero attached hydrogens (tertiary/aromatic N) is 4. The Balaban J connectivity index is 1.07. The van der Waals surface area contributed by atoms with E-state index in [1.165, 1.54) is 24.4 Å². The number of hydrogen-bond donors (Lipinski definition) is 0. The molecule has 0 amide bonds. The molecule has 0 fully saturated rings. The fourth-order valence-corrected chi connectivity index (χ4v) is 15.1. The van der Waals surface area contributed by atoms with E-state index in [-0.39, 0.29) is 11.3 Å². The van der Waals surface area contributed by atoms with Crippen molar-refractivity contribution >= 4 is 65.4 Å². The van der Waals surface area contributed by atoms with Crippen LogP contribution in [0, 0.1) is 0 Å². The smallest absolute Gasteiger partial charge is 0.307 e. The Morgan fingerprint density at radius 3 is 0.743 bits per heavy atom. The van der Waals surface area contributed by atoms with E-state index in [1.54, 1.807) is 12.1 Å². The summed E-state index contributed by atoms with van der Waals surface area (Å²) >= 11 is 0. The molecule has 0 saturated carbocycles. The lowest BCUT2D eigenvalue weighted by Crippen LogP contribution is -2.14. The van der Waals surface area contributed by atoms with Gasteiger partial charge in [-0.25, -0.2) is 0 Å². The van der Waals surface area contributed by atoms with Gasteiger partial charge in [-0.1, -0.05) is 224 Å². The minimum absolute atomic E-state index is 0.115. The molecule has 0 unspecified atom stereocenters. The van der Waals surface area contributed by atoms with E-state index < -0.39 is 34.6 Å². The Morgan fingerprint density at radius 1 is 0.218 bits per heavy atom. The summed E-state index contributed by atoms with van der Waals surface area (Å²) in [4.78, 5) is 4.22. The molecule has 0 atom stereocenters. The number of aromatic nitrogens is 4. The van der Waals surface area contributed by atoms with Crippen LogP contribution in [-0.4, -0.2) is 18.7 Å². The van der Waals surface area contributed by atoms with Gasteiger partial charge in [0.25, 0.3) is 0 Å². The highest BCUT2D eigenvalue weighted by atomic mass is 19.4. The molecule has 0 saturated heterocycles. The summed E-state index contributed by atoms with van der Waals surface area (Å²) in [6, 6.07) is 108. The normalized spacial score (nSPS) is 12.1. The maximum atomic E-state index is 16.8. The maximum absolute atomic E-state index is 16.8. The molecule has 0 N–H and O–H groups in total. The Kier molecular flexibility index (Phi) is 14.4. The summed E-state index contributed by atoms with van der Waals surface area (Å²) in [5.41, 5.74) is 12.9. The van der Waals surface area contributed by atoms with E-state index in [0.29, 0.717) is 51.3 Å². The molecule has 18 aromatic rings.